The molecular formula is C14H18Cl2N2O2. The van der Waals surface area contributed by atoms with E-state index in [1.165, 1.54) is 7.11 Å². The zero-order valence-corrected chi connectivity index (χ0v) is 13.0. The van der Waals surface area contributed by atoms with Gasteiger partial charge in [0.2, 0.25) is 0 Å². The Labute approximate surface area is 129 Å². The molecule has 1 aromatic rings. The number of rotatable bonds is 4. The molecule has 1 fully saturated rings. The molecule has 0 saturated carbocycles. The van der Waals surface area contributed by atoms with Gasteiger partial charge in [-0.3, -0.25) is 9.69 Å². The fourth-order valence-electron chi connectivity index (χ4n) is 2.55. The first kappa shape index (κ1) is 15.5. The number of likely N-dealkylation sites (tertiary alicyclic amines) is 1. The van der Waals surface area contributed by atoms with Crippen molar-refractivity contribution in [2.75, 3.05) is 13.7 Å². The molecule has 0 bridgehead atoms. The Kier molecular flexibility index (Phi) is 5.64. The van der Waals surface area contributed by atoms with Crippen LogP contribution in [0.1, 0.15) is 31.2 Å². The maximum atomic E-state index is 11.5. The van der Waals surface area contributed by atoms with E-state index < -0.39 is 0 Å². The van der Waals surface area contributed by atoms with Crippen LogP contribution in [0.3, 0.4) is 0 Å². The molecule has 2 heterocycles. The normalized spacial score (nSPS) is 19.9. The van der Waals surface area contributed by atoms with Crippen molar-refractivity contribution in [3.8, 4) is 0 Å². The van der Waals surface area contributed by atoms with Crippen LogP contribution < -0.4 is 0 Å². The van der Waals surface area contributed by atoms with Gasteiger partial charge in [0.25, 0.3) is 0 Å². The molecule has 6 heteroatoms. The zero-order valence-electron chi connectivity index (χ0n) is 11.4. The summed E-state index contributed by atoms with van der Waals surface area (Å²) in [5.41, 5.74) is 0.938. The second-order valence-electron chi connectivity index (χ2n) is 4.98. The van der Waals surface area contributed by atoms with E-state index in [1.807, 2.05) is 6.07 Å². The number of hydrogen-bond donors (Lipinski definition) is 0. The maximum absolute atomic E-state index is 11.5. The number of ether oxygens (including phenoxy) is 1. The van der Waals surface area contributed by atoms with Gasteiger partial charge in [-0.15, -0.1) is 0 Å². The first-order valence-corrected chi connectivity index (χ1v) is 7.47. The fourth-order valence-corrected chi connectivity index (χ4v) is 2.96. The van der Waals surface area contributed by atoms with E-state index in [0.717, 1.165) is 31.4 Å². The van der Waals surface area contributed by atoms with Gasteiger partial charge in [0.1, 0.15) is 10.3 Å². The lowest BCUT2D eigenvalue weighted by Gasteiger charge is -2.35. The molecular weight excluding hydrogens is 299 g/mol. The molecule has 1 saturated heterocycles. The van der Waals surface area contributed by atoms with Gasteiger partial charge in [-0.1, -0.05) is 35.7 Å². The summed E-state index contributed by atoms with van der Waals surface area (Å²) in [7, 11) is 1.43. The Morgan fingerprint density at radius 1 is 1.45 bits per heavy atom. The average molecular weight is 317 g/mol. The summed E-state index contributed by atoms with van der Waals surface area (Å²) in [5.74, 6) is -0.165. The molecule has 0 spiro atoms. The number of pyridine rings is 1. The summed E-state index contributed by atoms with van der Waals surface area (Å²) in [4.78, 5) is 17.8. The molecule has 20 heavy (non-hydrogen) atoms. The van der Waals surface area contributed by atoms with Gasteiger partial charge in [0, 0.05) is 18.2 Å². The van der Waals surface area contributed by atoms with Gasteiger partial charge in [0.05, 0.1) is 13.5 Å². The second kappa shape index (κ2) is 7.25. The number of methoxy groups -OCH3 is 1. The van der Waals surface area contributed by atoms with E-state index in [0.29, 0.717) is 23.3 Å². The van der Waals surface area contributed by atoms with E-state index in [-0.39, 0.29) is 12.0 Å². The van der Waals surface area contributed by atoms with E-state index in [4.69, 9.17) is 27.9 Å². The van der Waals surface area contributed by atoms with E-state index >= 15 is 0 Å². The Balaban J connectivity index is 2.06. The first-order chi connectivity index (χ1) is 9.60. The summed E-state index contributed by atoms with van der Waals surface area (Å²) in [5, 5.41) is 0.823. The molecule has 1 unspecified atom stereocenters. The average Bonchev–Trinajstić information content (AvgIpc) is 2.43. The van der Waals surface area contributed by atoms with E-state index in [2.05, 4.69) is 9.88 Å². The molecule has 110 valence electrons. The van der Waals surface area contributed by atoms with Crippen LogP contribution in [-0.2, 0) is 16.1 Å². The Bertz CT molecular complexity index is 482. The number of halogens is 2. The van der Waals surface area contributed by atoms with Crippen molar-refractivity contribution in [1.29, 1.82) is 0 Å². The predicted octanol–water partition coefficient (Wildman–Crippen LogP) is 3.31. The van der Waals surface area contributed by atoms with Crippen molar-refractivity contribution in [3.63, 3.8) is 0 Å². The summed E-state index contributed by atoms with van der Waals surface area (Å²) < 4.78 is 4.77. The lowest BCUT2D eigenvalue weighted by molar-refractivity contribution is -0.142. The predicted molar refractivity (Wildman–Crippen MR) is 78.9 cm³/mol. The van der Waals surface area contributed by atoms with Crippen LogP contribution in [0, 0.1) is 0 Å². The van der Waals surface area contributed by atoms with Crippen LogP contribution in [0.25, 0.3) is 0 Å². The van der Waals surface area contributed by atoms with Crippen molar-refractivity contribution < 1.29 is 9.53 Å². The van der Waals surface area contributed by atoms with Crippen molar-refractivity contribution >= 4 is 29.2 Å². The molecule has 1 aliphatic heterocycles. The van der Waals surface area contributed by atoms with Gasteiger partial charge >= 0.3 is 5.97 Å². The SMILES string of the molecule is COC(=O)CC1CCCCN1Cc1ccc(Cl)nc1Cl. The number of carbonyl (C=O) groups excluding carboxylic acids is 1. The van der Waals surface area contributed by atoms with Gasteiger partial charge < -0.3 is 4.74 Å². The molecule has 0 amide bonds. The summed E-state index contributed by atoms with van der Waals surface area (Å²) in [6.07, 6.45) is 3.71. The molecule has 2 rings (SSSR count). The number of aromatic nitrogens is 1. The summed E-state index contributed by atoms with van der Waals surface area (Å²) >= 11 is 11.9. The third-order valence-electron chi connectivity index (χ3n) is 3.64. The van der Waals surface area contributed by atoms with Gasteiger partial charge in [-0.05, 0) is 25.5 Å². The highest BCUT2D eigenvalue weighted by Crippen LogP contribution is 2.25. The van der Waals surface area contributed by atoms with Crippen LogP contribution in [0.15, 0.2) is 12.1 Å². The molecule has 0 N–H and O–H groups in total. The van der Waals surface area contributed by atoms with Gasteiger partial charge in [0.15, 0.2) is 0 Å². The minimum atomic E-state index is -0.165. The minimum absolute atomic E-state index is 0.165. The summed E-state index contributed by atoms with van der Waals surface area (Å²) in [6, 6.07) is 3.84. The van der Waals surface area contributed by atoms with Crippen LogP contribution in [0.5, 0.6) is 0 Å². The minimum Gasteiger partial charge on any atom is -0.469 e. The zero-order chi connectivity index (χ0) is 14.5. The second-order valence-corrected chi connectivity index (χ2v) is 5.73. The topological polar surface area (TPSA) is 42.4 Å². The van der Waals surface area contributed by atoms with Crippen molar-refractivity contribution in [3.05, 3.63) is 28.0 Å². The molecule has 0 radical (unpaired) electrons. The van der Waals surface area contributed by atoms with Crippen LogP contribution in [0.2, 0.25) is 10.3 Å². The van der Waals surface area contributed by atoms with Crippen LogP contribution >= 0.6 is 23.2 Å². The van der Waals surface area contributed by atoms with E-state index in [9.17, 15) is 4.79 Å². The quantitative estimate of drug-likeness (QED) is 0.631. The molecule has 0 aliphatic carbocycles. The molecule has 4 nitrogen and oxygen atoms in total. The highest BCUT2D eigenvalue weighted by molar-refractivity contribution is 6.32. The van der Waals surface area contributed by atoms with Crippen molar-refractivity contribution in [1.82, 2.24) is 9.88 Å². The lowest BCUT2D eigenvalue weighted by atomic mass is 9.99. The number of esters is 1. The van der Waals surface area contributed by atoms with E-state index in [1.54, 1.807) is 6.07 Å². The highest BCUT2D eigenvalue weighted by atomic mass is 35.5. The largest absolute Gasteiger partial charge is 0.469 e. The van der Waals surface area contributed by atoms with Crippen LogP contribution in [-0.4, -0.2) is 35.5 Å². The molecule has 1 atom stereocenters. The smallest absolute Gasteiger partial charge is 0.307 e. The maximum Gasteiger partial charge on any atom is 0.307 e. The number of hydrogen-bond acceptors (Lipinski definition) is 4. The highest BCUT2D eigenvalue weighted by Gasteiger charge is 2.25. The third kappa shape index (κ3) is 4.08. The molecule has 1 aromatic heterocycles. The molecule has 0 aromatic carbocycles. The Hall–Kier alpha value is -0.840. The Morgan fingerprint density at radius 3 is 2.95 bits per heavy atom. The standard InChI is InChI=1S/C14H18Cl2N2O2/c1-20-13(19)8-11-4-2-3-7-18(11)9-10-5-6-12(15)17-14(10)16/h5-6,11H,2-4,7-9H2,1H3. The molecule has 1 aliphatic rings. The Morgan fingerprint density at radius 2 is 2.25 bits per heavy atom. The van der Waals surface area contributed by atoms with Gasteiger partial charge in [-0.2, -0.15) is 0 Å². The van der Waals surface area contributed by atoms with Crippen LogP contribution in [0.4, 0.5) is 0 Å². The number of carbonyl (C=O) groups is 1. The first-order valence-electron chi connectivity index (χ1n) is 6.72. The number of piperidine rings is 1. The lowest BCUT2D eigenvalue weighted by Crippen LogP contribution is -2.40. The fraction of sp³-hybridized carbons (Fsp3) is 0.571. The number of nitrogens with zero attached hydrogens (tertiary/aromatic N) is 2. The van der Waals surface area contributed by atoms with Crippen molar-refractivity contribution in [2.24, 2.45) is 0 Å². The third-order valence-corrected chi connectivity index (χ3v) is 4.18. The monoisotopic (exact) mass is 316 g/mol. The van der Waals surface area contributed by atoms with Crippen molar-refractivity contribution in [2.45, 2.75) is 38.3 Å². The summed E-state index contributed by atoms with van der Waals surface area (Å²) in [6.45, 7) is 1.64. The van der Waals surface area contributed by atoms with Gasteiger partial charge in [-0.25, -0.2) is 4.98 Å².